The molecule has 1 aromatic heterocycles. The lowest BCUT2D eigenvalue weighted by Gasteiger charge is -2.15. The van der Waals surface area contributed by atoms with Crippen LogP contribution < -0.4 is 5.43 Å². The Labute approximate surface area is 166 Å². The summed E-state index contributed by atoms with van der Waals surface area (Å²) >= 11 is 6.13. The Bertz CT molecular complexity index is 970. The summed E-state index contributed by atoms with van der Waals surface area (Å²) in [5, 5.41) is 15.3. The number of nitrogens with one attached hydrogen (secondary N) is 1. The van der Waals surface area contributed by atoms with Crippen LogP contribution in [0.3, 0.4) is 0 Å². The Morgan fingerprint density at radius 3 is 2.93 bits per heavy atom. The number of hydrazone groups is 1. The second kappa shape index (κ2) is 7.05. The monoisotopic (exact) mass is 401 g/mol. The topological polar surface area (TPSA) is 97.7 Å². The largest absolute Gasteiger partial charge is 0.455 e. The number of benzene rings is 1. The van der Waals surface area contributed by atoms with Crippen molar-refractivity contribution in [3.05, 3.63) is 51.2 Å². The van der Waals surface area contributed by atoms with Gasteiger partial charge in [0.25, 0.3) is 5.69 Å². The number of halogens is 1. The van der Waals surface area contributed by atoms with Crippen LogP contribution in [0.5, 0.6) is 0 Å². The third-order valence-corrected chi connectivity index (χ3v) is 6.36. The molecule has 0 radical (unpaired) electrons. The molecule has 1 amide bonds. The van der Waals surface area contributed by atoms with Crippen LogP contribution in [0, 0.1) is 27.4 Å². The van der Waals surface area contributed by atoms with Crippen molar-refractivity contribution in [2.24, 2.45) is 22.4 Å². The summed E-state index contributed by atoms with van der Waals surface area (Å²) in [6.45, 7) is 2.19. The summed E-state index contributed by atoms with van der Waals surface area (Å²) in [6.07, 6.45) is 6.02. The van der Waals surface area contributed by atoms with Gasteiger partial charge in [-0.1, -0.05) is 31.4 Å². The van der Waals surface area contributed by atoms with Crippen molar-refractivity contribution in [2.75, 3.05) is 0 Å². The number of rotatable bonds is 5. The van der Waals surface area contributed by atoms with Gasteiger partial charge in [-0.2, -0.15) is 5.10 Å². The van der Waals surface area contributed by atoms with E-state index in [1.807, 2.05) is 0 Å². The van der Waals surface area contributed by atoms with Crippen LogP contribution >= 0.6 is 11.6 Å². The second-order valence-electron chi connectivity index (χ2n) is 7.69. The smallest absolute Gasteiger partial charge is 0.270 e. The maximum Gasteiger partial charge on any atom is 0.270 e. The fourth-order valence-electron chi connectivity index (χ4n) is 4.46. The molecule has 2 fully saturated rings. The first-order chi connectivity index (χ1) is 13.4. The number of furan rings is 1. The normalized spacial score (nSPS) is 26.1. The van der Waals surface area contributed by atoms with E-state index in [0.29, 0.717) is 28.0 Å². The van der Waals surface area contributed by atoms with Crippen LogP contribution in [0.2, 0.25) is 5.02 Å². The van der Waals surface area contributed by atoms with Gasteiger partial charge in [0, 0.05) is 23.6 Å². The minimum absolute atomic E-state index is 0.0424. The summed E-state index contributed by atoms with van der Waals surface area (Å²) < 4.78 is 5.65. The van der Waals surface area contributed by atoms with Gasteiger partial charge in [0.1, 0.15) is 11.5 Å². The van der Waals surface area contributed by atoms with Gasteiger partial charge in [-0.25, -0.2) is 5.43 Å². The maximum absolute atomic E-state index is 12.4. The molecule has 7 nitrogen and oxygen atoms in total. The molecule has 2 aromatic rings. The zero-order valence-electron chi connectivity index (χ0n) is 15.4. The lowest BCUT2D eigenvalue weighted by Crippen LogP contribution is -2.22. The molecular formula is C20H20ClN3O4. The highest BCUT2D eigenvalue weighted by Crippen LogP contribution is 2.66. The molecule has 146 valence electrons. The highest BCUT2D eigenvalue weighted by Gasteiger charge is 2.64. The summed E-state index contributed by atoms with van der Waals surface area (Å²) in [7, 11) is 0. The number of non-ortho nitro benzene ring substituents is 1. The maximum atomic E-state index is 12.4. The van der Waals surface area contributed by atoms with E-state index in [2.05, 4.69) is 17.5 Å². The zero-order valence-corrected chi connectivity index (χ0v) is 16.1. The fourth-order valence-corrected chi connectivity index (χ4v) is 4.67. The summed E-state index contributed by atoms with van der Waals surface area (Å²) in [5.74, 6) is 1.28. The standard InChI is InChI=1S/C20H20ClN3O4/c1-20-9-3-2-4-15(20)18(20)19(25)23-22-11-13-6-8-17(28-13)14-10-12(24(26)27)5-7-16(14)21/h5-8,10-11,15,18H,2-4,9H2,1H3,(H,23,25)/b22-11-/t15-,18-,20+/m1/s1. The van der Waals surface area contributed by atoms with E-state index in [1.54, 1.807) is 12.1 Å². The van der Waals surface area contributed by atoms with Crippen molar-refractivity contribution in [1.29, 1.82) is 0 Å². The first-order valence-electron chi connectivity index (χ1n) is 9.27. The number of carbonyl (C=O) groups excluding carboxylic acids is 1. The van der Waals surface area contributed by atoms with E-state index in [4.69, 9.17) is 16.0 Å². The third-order valence-electron chi connectivity index (χ3n) is 6.03. The van der Waals surface area contributed by atoms with Crippen LogP contribution in [0.4, 0.5) is 5.69 Å². The van der Waals surface area contributed by atoms with Gasteiger partial charge in [-0.15, -0.1) is 0 Å². The van der Waals surface area contributed by atoms with E-state index in [0.717, 1.165) is 12.8 Å². The number of amides is 1. The van der Waals surface area contributed by atoms with Crippen LogP contribution in [0.1, 0.15) is 38.4 Å². The second-order valence-corrected chi connectivity index (χ2v) is 8.10. The fraction of sp³-hybridized carbons (Fsp3) is 0.400. The van der Waals surface area contributed by atoms with Crippen LogP contribution in [-0.2, 0) is 4.79 Å². The average molecular weight is 402 g/mol. The van der Waals surface area contributed by atoms with E-state index < -0.39 is 4.92 Å². The van der Waals surface area contributed by atoms with Crippen molar-refractivity contribution >= 4 is 29.4 Å². The molecule has 0 aliphatic heterocycles. The van der Waals surface area contributed by atoms with E-state index >= 15 is 0 Å². The Balaban J connectivity index is 1.42. The molecule has 0 bridgehead atoms. The Morgan fingerprint density at radius 1 is 1.39 bits per heavy atom. The molecule has 28 heavy (non-hydrogen) atoms. The lowest BCUT2D eigenvalue weighted by atomic mass is 9.90. The minimum Gasteiger partial charge on any atom is -0.455 e. The minimum atomic E-state index is -0.489. The quantitative estimate of drug-likeness (QED) is 0.442. The first kappa shape index (κ1) is 18.7. The molecule has 1 N–H and O–H groups in total. The lowest BCUT2D eigenvalue weighted by molar-refractivity contribution is -0.384. The number of fused-ring (bicyclic) bond motifs is 1. The van der Waals surface area contributed by atoms with Gasteiger partial charge in [0.05, 0.1) is 16.2 Å². The van der Waals surface area contributed by atoms with E-state index in [1.165, 1.54) is 37.3 Å². The molecule has 1 aromatic carbocycles. The highest BCUT2D eigenvalue weighted by molar-refractivity contribution is 6.33. The van der Waals surface area contributed by atoms with E-state index in [-0.39, 0.29) is 22.9 Å². The van der Waals surface area contributed by atoms with Crippen molar-refractivity contribution in [3.8, 4) is 11.3 Å². The molecular weight excluding hydrogens is 382 g/mol. The molecule has 0 spiro atoms. The number of nitro groups is 1. The SMILES string of the molecule is C[C@]12CCCC[C@@H]1[C@@H]2C(=O)N/N=C\c1ccc(-c2cc([N+](=O)[O-])ccc2Cl)o1. The van der Waals surface area contributed by atoms with Crippen LogP contribution in [0.25, 0.3) is 11.3 Å². The molecule has 0 unspecified atom stereocenters. The Hall–Kier alpha value is -2.67. The number of hydrogen-bond acceptors (Lipinski definition) is 5. The Kier molecular flexibility index (Phi) is 4.71. The molecule has 8 heteroatoms. The van der Waals surface area contributed by atoms with Gasteiger partial charge in [0.15, 0.2) is 0 Å². The number of nitrogens with zero attached hydrogens (tertiary/aromatic N) is 2. The number of carbonyl (C=O) groups is 1. The van der Waals surface area contributed by atoms with Gasteiger partial charge in [-0.05, 0) is 42.4 Å². The Morgan fingerprint density at radius 2 is 2.21 bits per heavy atom. The first-order valence-corrected chi connectivity index (χ1v) is 9.65. The van der Waals surface area contributed by atoms with Crippen molar-refractivity contribution in [1.82, 2.24) is 5.43 Å². The molecule has 2 aliphatic rings. The highest BCUT2D eigenvalue weighted by atomic mass is 35.5. The predicted octanol–water partition coefficient (Wildman–Crippen LogP) is 4.78. The molecule has 2 aliphatic carbocycles. The molecule has 1 heterocycles. The molecule has 3 atom stereocenters. The summed E-state index contributed by atoms with van der Waals surface area (Å²) in [4.78, 5) is 22.9. The van der Waals surface area contributed by atoms with Gasteiger partial charge >= 0.3 is 0 Å². The van der Waals surface area contributed by atoms with Crippen LogP contribution in [-0.4, -0.2) is 17.0 Å². The summed E-state index contributed by atoms with van der Waals surface area (Å²) in [5.41, 5.74) is 3.10. The predicted molar refractivity (Wildman–Crippen MR) is 105 cm³/mol. The van der Waals surface area contributed by atoms with E-state index in [9.17, 15) is 14.9 Å². The molecule has 0 saturated heterocycles. The average Bonchev–Trinajstić information content (AvgIpc) is 3.03. The third kappa shape index (κ3) is 3.30. The molecule has 4 rings (SSSR count). The zero-order chi connectivity index (χ0) is 19.9. The summed E-state index contributed by atoms with van der Waals surface area (Å²) in [6, 6.07) is 7.48. The van der Waals surface area contributed by atoms with Gasteiger partial charge in [0.2, 0.25) is 5.91 Å². The number of hydrogen-bond donors (Lipinski definition) is 1. The van der Waals surface area contributed by atoms with Gasteiger partial charge in [-0.3, -0.25) is 14.9 Å². The van der Waals surface area contributed by atoms with Crippen molar-refractivity contribution < 1.29 is 14.1 Å². The van der Waals surface area contributed by atoms with Gasteiger partial charge < -0.3 is 4.42 Å². The van der Waals surface area contributed by atoms with Crippen molar-refractivity contribution in [2.45, 2.75) is 32.6 Å². The molecule has 2 saturated carbocycles. The van der Waals surface area contributed by atoms with Crippen molar-refractivity contribution in [3.63, 3.8) is 0 Å². The number of nitro benzene ring substituents is 1. The van der Waals surface area contributed by atoms with Crippen LogP contribution in [0.15, 0.2) is 39.9 Å².